The SMILES string of the molecule is Cc1ccc(NC(=O)CSc2nnc(-c3cccc(OC(C)C)c3)n2N)cc1. The fourth-order valence-electron chi connectivity index (χ4n) is 2.52. The first-order chi connectivity index (χ1) is 13.4. The molecule has 0 unspecified atom stereocenters. The summed E-state index contributed by atoms with van der Waals surface area (Å²) in [4.78, 5) is 12.2. The van der Waals surface area contributed by atoms with E-state index >= 15 is 0 Å². The van der Waals surface area contributed by atoms with Gasteiger partial charge in [0.05, 0.1) is 11.9 Å². The largest absolute Gasteiger partial charge is 0.491 e. The minimum Gasteiger partial charge on any atom is -0.491 e. The summed E-state index contributed by atoms with van der Waals surface area (Å²) in [7, 11) is 0. The lowest BCUT2D eigenvalue weighted by Crippen LogP contribution is -2.16. The number of anilines is 1. The number of hydrogen-bond acceptors (Lipinski definition) is 6. The second-order valence-corrected chi connectivity index (χ2v) is 7.52. The molecular weight excluding hydrogens is 374 g/mol. The second-order valence-electron chi connectivity index (χ2n) is 6.57. The highest BCUT2D eigenvalue weighted by molar-refractivity contribution is 7.99. The van der Waals surface area contributed by atoms with Crippen molar-refractivity contribution in [3.05, 3.63) is 54.1 Å². The average molecular weight is 398 g/mol. The number of ether oxygens (including phenoxy) is 1. The summed E-state index contributed by atoms with van der Waals surface area (Å²) in [6, 6.07) is 15.1. The Balaban J connectivity index is 1.64. The summed E-state index contributed by atoms with van der Waals surface area (Å²) in [5.41, 5.74) is 2.69. The number of nitrogens with zero attached hydrogens (tertiary/aromatic N) is 3. The second kappa shape index (κ2) is 8.79. The van der Waals surface area contributed by atoms with Crippen molar-refractivity contribution in [1.82, 2.24) is 14.9 Å². The molecule has 8 heteroatoms. The summed E-state index contributed by atoms with van der Waals surface area (Å²) < 4.78 is 7.10. The molecule has 1 amide bonds. The highest BCUT2D eigenvalue weighted by atomic mass is 32.2. The third-order valence-corrected chi connectivity index (χ3v) is 4.74. The van der Waals surface area contributed by atoms with Crippen LogP contribution in [-0.4, -0.2) is 32.6 Å². The Labute approximate surface area is 168 Å². The van der Waals surface area contributed by atoms with Gasteiger partial charge in [0, 0.05) is 11.3 Å². The Morgan fingerprint density at radius 1 is 1.21 bits per heavy atom. The first kappa shape index (κ1) is 19.8. The van der Waals surface area contributed by atoms with Crippen LogP contribution in [0.5, 0.6) is 5.75 Å². The van der Waals surface area contributed by atoms with Crippen LogP contribution in [-0.2, 0) is 4.79 Å². The van der Waals surface area contributed by atoms with E-state index in [-0.39, 0.29) is 17.8 Å². The van der Waals surface area contributed by atoms with Crippen molar-refractivity contribution < 1.29 is 9.53 Å². The average Bonchev–Trinajstić information content (AvgIpc) is 3.02. The van der Waals surface area contributed by atoms with Crippen LogP contribution in [0.2, 0.25) is 0 Å². The topological polar surface area (TPSA) is 95.1 Å². The van der Waals surface area contributed by atoms with Crippen LogP contribution in [0.3, 0.4) is 0 Å². The van der Waals surface area contributed by atoms with Crippen molar-refractivity contribution in [1.29, 1.82) is 0 Å². The molecule has 0 atom stereocenters. The fourth-order valence-corrected chi connectivity index (χ4v) is 3.17. The molecule has 0 spiro atoms. The Kier molecular flexibility index (Phi) is 6.20. The maximum atomic E-state index is 12.2. The molecular formula is C20H23N5O2S. The molecule has 0 fully saturated rings. The standard InChI is InChI=1S/C20H23N5O2S/c1-13(2)27-17-6-4-5-15(11-17)19-23-24-20(25(19)21)28-12-18(26)22-16-9-7-14(3)8-10-16/h4-11,13H,12,21H2,1-3H3,(H,22,26). The quantitative estimate of drug-likeness (QED) is 0.468. The fraction of sp³-hybridized carbons (Fsp3) is 0.250. The number of amides is 1. The van der Waals surface area contributed by atoms with E-state index < -0.39 is 0 Å². The van der Waals surface area contributed by atoms with Crippen molar-refractivity contribution in [3.8, 4) is 17.1 Å². The molecule has 146 valence electrons. The molecule has 1 aromatic heterocycles. The van der Waals surface area contributed by atoms with Gasteiger partial charge in [-0.25, -0.2) is 4.68 Å². The van der Waals surface area contributed by atoms with E-state index in [4.69, 9.17) is 10.6 Å². The van der Waals surface area contributed by atoms with Gasteiger partial charge in [-0.15, -0.1) is 10.2 Å². The van der Waals surface area contributed by atoms with Gasteiger partial charge in [0.2, 0.25) is 11.1 Å². The number of nitrogen functional groups attached to an aromatic ring is 1. The first-order valence-corrected chi connectivity index (χ1v) is 9.88. The van der Waals surface area contributed by atoms with Gasteiger partial charge in [-0.05, 0) is 45.0 Å². The summed E-state index contributed by atoms with van der Waals surface area (Å²) >= 11 is 1.23. The van der Waals surface area contributed by atoms with Crippen LogP contribution in [0.1, 0.15) is 19.4 Å². The number of nitrogens with one attached hydrogen (secondary N) is 1. The number of carbonyl (C=O) groups excluding carboxylic acids is 1. The van der Waals surface area contributed by atoms with Gasteiger partial charge in [-0.2, -0.15) is 0 Å². The maximum absolute atomic E-state index is 12.2. The molecule has 3 aromatic rings. The number of aromatic nitrogens is 3. The van der Waals surface area contributed by atoms with Gasteiger partial charge in [0.25, 0.3) is 0 Å². The smallest absolute Gasteiger partial charge is 0.234 e. The summed E-state index contributed by atoms with van der Waals surface area (Å²) in [5.74, 6) is 7.44. The van der Waals surface area contributed by atoms with E-state index in [9.17, 15) is 4.79 Å². The van der Waals surface area contributed by atoms with Crippen LogP contribution in [0.4, 0.5) is 5.69 Å². The third kappa shape index (κ3) is 5.04. The van der Waals surface area contributed by atoms with E-state index in [1.165, 1.54) is 16.4 Å². The first-order valence-electron chi connectivity index (χ1n) is 8.89. The van der Waals surface area contributed by atoms with E-state index in [0.29, 0.717) is 11.0 Å². The van der Waals surface area contributed by atoms with E-state index in [1.54, 1.807) is 0 Å². The van der Waals surface area contributed by atoms with Gasteiger partial charge < -0.3 is 15.9 Å². The Morgan fingerprint density at radius 3 is 2.68 bits per heavy atom. The zero-order valence-corrected chi connectivity index (χ0v) is 16.9. The Morgan fingerprint density at radius 2 is 1.96 bits per heavy atom. The van der Waals surface area contributed by atoms with Gasteiger partial charge in [-0.1, -0.05) is 41.6 Å². The molecule has 28 heavy (non-hydrogen) atoms. The number of thioether (sulfide) groups is 1. The van der Waals surface area contributed by atoms with Gasteiger partial charge in [0.1, 0.15) is 5.75 Å². The van der Waals surface area contributed by atoms with Crippen LogP contribution < -0.4 is 15.9 Å². The molecule has 0 saturated heterocycles. The molecule has 1 heterocycles. The molecule has 3 N–H and O–H groups in total. The number of benzene rings is 2. The van der Waals surface area contributed by atoms with Crippen molar-refractivity contribution in [2.45, 2.75) is 32.0 Å². The lowest BCUT2D eigenvalue weighted by atomic mass is 10.2. The number of rotatable bonds is 7. The molecule has 0 aliphatic rings. The van der Waals surface area contributed by atoms with Crippen molar-refractivity contribution in [3.63, 3.8) is 0 Å². The molecule has 0 radical (unpaired) electrons. The minimum absolute atomic E-state index is 0.0733. The molecule has 0 bridgehead atoms. The molecule has 3 rings (SSSR count). The van der Waals surface area contributed by atoms with E-state index in [0.717, 1.165) is 22.6 Å². The predicted octanol–water partition coefficient (Wildman–Crippen LogP) is 3.49. The number of carbonyl (C=O) groups is 1. The van der Waals surface area contributed by atoms with Crippen LogP contribution in [0.25, 0.3) is 11.4 Å². The summed E-state index contributed by atoms with van der Waals surface area (Å²) in [5, 5.41) is 11.6. The van der Waals surface area contributed by atoms with Gasteiger partial charge >= 0.3 is 0 Å². The molecule has 0 aliphatic heterocycles. The maximum Gasteiger partial charge on any atom is 0.234 e. The lowest BCUT2D eigenvalue weighted by molar-refractivity contribution is -0.113. The third-order valence-electron chi connectivity index (χ3n) is 3.80. The lowest BCUT2D eigenvalue weighted by Gasteiger charge is -2.10. The van der Waals surface area contributed by atoms with Gasteiger partial charge in [-0.3, -0.25) is 4.79 Å². The number of hydrogen-bond donors (Lipinski definition) is 2. The zero-order chi connectivity index (χ0) is 20.1. The van der Waals surface area contributed by atoms with Gasteiger partial charge in [0.15, 0.2) is 5.82 Å². The van der Waals surface area contributed by atoms with Crippen molar-refractivity contribution in [2.75, 3.05) is 16.9 Å². The zero-order valence-electron chi connectivity index (χ0n) is 16.0. The normalized spacial score (nSPS) is 10.9. The number of aryl methyl sites for hydroxylation is 1. The van der Waals surface area contributed by atoms with Crippen molar-refractivity contribution >= 4 is 23.4 Å². The van der Waals surface area contributed by atoms with Crippen LogP contribution in [0, 0.1) is 6.92 Å². The van der Waals surface area contributed by atoms with E-state index in [1.807, 2.05) is 69.3 Å². The Bertz CT molecular complexity index is 953. The highest BCUT2D eigenvalue weighted by Gasteiger charge is 2.14. The predicted molar refractivity (Wildman–Crippen MR) is 112 cm³/mol. The van der Waals surface area contributed by atoms with Crippen LogP contribution in [0.15, 0.2) is 53.7 Å². The monoisotopic (exact) mass is 397 g/mol. The molecule has 7 nitrogen and oxygen atoms in total. The minimum atomic E-state index is -0.134. The number of nitrogens with two attached hydrogens (primary N) is 1. The summed E-state index contributed by atoms with van der Waals surface area (Å²) in [6.07, 6.45) is 0.0733. The van der Waals surface area contributed by atoms with Crippen LogP contribution >= 0.6 is 11.8 Å². The van der Waals surface area contributed by atoms with E-state index in [2.05, 4.69) is 15.5 Å². The summed E-state index contributed by atoms with van der Waals surface area (Å²) in [6.45, 7) is 5.93. The molecule has 0 saturated carbocycles. The Hall–Kier alpha value is -3.00. The molecule has 0 aliphatic carbocycles. The highest BCUT2D eigenvalue weighted by Crippen LogP contribution is 2.25. The molecule has 2 aromatic carbocycles. The van der Waals surface area contributed by atoms with Crippen molar-refractivity contribution in [2.24, 2.45) is 0 Å².